The van der Waals surface area contributed by atoms with E-state index in [4.69, 9.17) is 20.3 Å². The minimum absolute atomic E-state index is 0.128. The van der Waals surface area contributed by atoms with Crippen LogP contribution in [0.3, 0.4) is 0 Å². The number of aliphatic hydroxyl groups excluding tert-OH is 1. The Morgan fingerprint density at radius 1 is 1.22 bits per heavy atom. The summed E-state index contributed by atoms with van der Waals surface area (Å²) in [6.07, 6.45) is 0. The van der Waals surface area contributed by atoms with E-state index < -0.39 is 0 Å². The van der Waals surface area contributed by atoms with Gasteiger partial charge in [0.1, 0.15) is 5.75 Å². The van der Waals surface area contributed by atoms with Crippen molar-refractivity contribution in [1.82, 2.24) is 4.90 Å². The Morgan fingerprint density at radius 2 is 2.00 bits per heavy atom. The number of rotatable bonds is 8. The van der Waals surface area contributed by atoms with E-state index in [1.165, 1.54) is 0 Å². The van der Waals surface area contributed by atoms with E-state index in [9.17, 15) is 0 Å². The summed E-state index contributed by atoms with van der Waals surface area (Å²) in [5, 5.41) is 9.04. The van der Waals surface area contributed by atoms with Crippen LogP contribution < -0.4 is 10.5 Å². The van der Waals surface area contributed by atoms with E-state index in [2.05, 4.69) is 4.90 Å². The van der Waals surface area contributed by atoms with Gasteiger partial charge < -0.3 is 20.3 Å². The van der Waals surface area contributed by atoms with E-state index in [0.717, 1.165) is 17.9 Å². The highest BCUT2D eigenvalue weighted by Gasteiger charge is 2.07. The normalized spacial score (nSPS) is 10.9. The van der Waals surface area contributed by atoms with Crippen LogP contribution in [-0.2, 0) is 11.3 Å². The Labute approximate surface area is 108 Å². The van der Waals surface area contributed by atoms with Crippen LogP contribution in [0, 0.1) is 0 Å². The van der Waals surface area contributed by atoms with Gasteiger partial charge in [-0.2, -0.15) is 0 Å². The first kappa shape index (κ1) is 14.8. The molecule has 0 aromatic heterocycles. The molecule has 18 heavy (non-hydrogen) atoms. The molecule has 0 saturated carbocycles. The van der Waals surface area contributed by atoms with Crippen LogP contribution in [-0.4, -0.2) is 50.5 Å². The molecule has 0 unspecified atom stereocenters. The molecule has 0 spiro atoms. The van der Waals surface area contributed by atoms with Crippen molar-refractivity contribution in [2.24, 2.45) is 0 Å². The van der Waals surface area contributed by atoms with E-state index in [1.54, 1.807) is 20.3 Å². The summed E-state index contributed by atoms with van der Waals surface area (Å²) in [6.45, 7) is 2.86. The lowest BCUT2D eigenvalue weighted by Crippen LogP contribution is -2.29. The number of ether oxygens (including phenoxy) is 2. The summed E-state index contributed by atoms with van der Waals surface area (Å²) < 4.78 is 10.2. The van der Waals surface area contributed by atoms with Gasteiger partial charge in [0.25, 0.3) is 0 Å². The van der Waals surface area contributed by atoms with Crippen molar-refractivity contribution in [3.05, 3.63) is 23.8 Å². The van der Waals surface area contributed by atoms with Crippen molar-refractivity contribution >= 4 is 5.69 Å². The molecule has 5 heteroatoms. The number of benzene rings is 1. The van der Waals surface area contributed by atoms with Crippen molar-refractivity contribution in [2.45, 2.75) is 6.54 Å². The molecule has 0 heterocycles. The lowest BCUT2D eigenvalue weighted by molar-refractivity contribution is 0.127. The molecule has 0 radical (unpaired) electrons. The Kier molecular flexibility index (Phi) is 6.49. The fourth-order valence-corrected chi connectivity index (χ4v) is 1.79. The molecule has 102 valence electrons. The summed E-state index contributed by atoms with van der Waals surface area (Å²) in [5.74, 6) is 0.751. The zero-order valence-corrected chi connectivity index (χ0v) is 11.1. The fourth-order valence-electron chi connectivity index (χ4n) is 1.79. The van der Waals surface area contributed by atoms with E-state index in [1.807, 2.05) is 12.1 Å². The topological polar surface area (TPSA) is 68.0 Å². The molecule has 0 aliphatic rings. The lowest BCUT2D eigenvalue weighted by Gasteiger charge is -2.21. The third-order valence-corrected chi connectivity index (χ3v) is 2.66. The molecule has 1 aromatic carbocycles. The van der Waals surface area contributed by atoms with Crippen molar-refractivity contribution in [2.75, 3.05) is 46.3 Å². The minimum atomic E-state index is 0.128. The molecule has 5 nitrogen and oxygen atoms in total. The second-order valence-corrected chi connectivity index (χ2v) is 4.11. The number of nitrogens with zero attached hydrogens (tertiary/aromatic N) is 1. The van der Waals surface area contributed by atoms with E-state index >= 15 is 0 Å². The quantitative estimate of drug-likeness (QED) is 0.669. The summed E-state index contributed by atoms with van der Waals surface area (Å²) in [4.78, 5) is 2.11. The zero-order valence-electron chi connectivity index (χ0n) is 11.1. The minimum Gasteiger partial charge on any atom is -0.497 e. The van der Waals surface area contributed by atoms with Gasteiger partial charge in [-0.25, -0.2) is 0 Å². The van der Waals surface area contributed by atoms with Gasteiger partial charge in [-0.15, -0.1) is 0 Å². The van der Waals surface area contributed by atoms with Crippen molar-refractivity contribution in [3.63, 3.8) is 0 Å². The first-order chi connectivity index (χ1) is 8.69. The van der Waals surface area contributed by atoms with Gasteiger partial charge in [0.05, 0.1) is 20.3 Å². The van der Waals surface area contributed by atoms with Gasteiger partial charge >= 0.3 is 0 Å². The molecule has 0 saturated heterocycles. The largest absolute Gasteiger partial charge is 0.497 e. The third-order valence-electron chi connectivity index (χ3n) is 2.66. The molecule has 0 bridgehead atoms. The van der Waals surface area contributed by atoms with Gasteiger partial charge in [-0.05, 0) is 17.7 Å². The van der Waals surface area contributed by atoms with Crippen LogP contribution in [0.25, 0.3) is 0 Å². The second-order valence-electron chi connectivity index (χ2n) is 4.11. The highest BCUT2D eigenvalue weighted by atomic mass is 16.5. The number of hydrogen-bond acceptors (Lipinski definition) is 5. The maximum absolute atomic E-state index is 9.04. The van der Waals surface area contributed by atoms with Crippen LogP contribution in [0.5, 0.6) is 5.75 Å². The SMILES string of the molecule is COCCN(CCO)Cc1cc(N)cc(OC)c1. The van der Waals surface area contributed by atoms with Gasteiger partial charge in [0, 0.05) is 38.5 Å². The monoisotopic (exact) mass is 254 g/mol. The maximum atomic E-state index is 9.04. The average molecular weight is 254 g/mol. The number of anilines is 1. The highest BCUT2D eigenvalue weighted by molar-refractivity contribution is 5.47. The van der Waals surface area contributed by atoms with Crippen molar-refractivity contribution < 1.29 is 14.6 Å². The smallest absolute Gasteiger partial charge is 0.121 e. The molecule has 0 aliphatic heterocycles. The van der Waals surface area contributed by atoms with Crippen LogP contribution in [0.2, 0.25) is 0 Å². The predicted octanol–water partition coefficient (Wildman–Crippen LogP) is 0.718. The number of nitrogens with two attached hydrogens (primary N) is 1. The first-order valence-corrected chi connectivity index (χ1v) is 5.95. The lowest BCUT2D eigenvalue weighted by atomic mass is 10.1. The summed E-state index contributed by atoms with van der Waals surface area (Å²) in [7, 11) is 3.29. The van der Waals surface area contributed by atoms with Crippen molar-refractivity contribution in [3.8, 4) is 5.75 Å². The van der Waals surface area contributed by atoms with Crippen molar-refractivity contribution in [1.29, 1.82) is 0 Å². The summed E-state index contributed by atoms with van der Waals surface area (Å²) >= 11 is 0. The van der Waals surface area contributed by atoms with Gasteiger partial charge in [0.2, 0.25) is 0 Å². The molecule has 3 N–H and O–H groups in total. The molecule has 0 aliphatic carbocycles. The molecule has 0 fully saturated rings. The Morgan fingerprint density at radius 3 is 2.61 bits per heavy atom. The molecule has 1 rings (SSSR count). The third kappa shape index (κ3) is 4.91. The van der Waals surface area contributed by atoms with Gasteiger partial charge in [0.15, 0.2) is 0 Å². The number of methoxy groups -OCH3 is 2. The summed E-state index contributed by atoms with van der Waals surface area (Å²) in [6, 6.07) is 5.66. The average Bonchev–Trinajstić information content (AvgIpc) is 2.35. The number of hydrogen-bond donors (Lipinski definition) is 2. The van der Waals surface area contributed by atoms with Crippen LogP contribution >= 0.6 is 0 Å². The Balaban J connectivity index is 2.69. The van der Waals surface area contributed by atoms with Crippen LogP contribution in [0.1, 0.15) is 5.56 Å². The number of nitrogen functional groups attached to an aromatic ring is 1. The maximum Gasteiger partial charge on any atom is 0.121 e. The predicted molar refractivity (Wildman–Crippen MR) is 71.6 cm³/mol. The Hall–Kier alpha value is -1.30. The molecule has 0 atom stereocenters. The van der Waals surface area contributed by atoms with E-state index in [0.29, 0.717) is 25.4 Å². The van der Waals surface area contributed by atoms with Crippen LogP contribution in [0.4, 0.5) is 5.69 Å². The van der Waals surface area contributed by atoms with Crippen LogP contribution in [0.15, 0.2) is 18.2 Å². The molecule has 1 aromatic rings. The molecule has 0 amide bonds. The standard InChI is InChI=1S/C13H22N2O3/c1-17-6-4-15(3-5-16)10-11-7-12(14)9-13(8-11)18-2/h7-9,16H,3-6,10,14H2,1-2H3. The number of aliphatic hydroxyl groups is 1. The van der Waals surface area contributed by atoms with E-state index in [-0.39, 0.29) is 6.61 Å². The fraction of sp³-hybridized carbons (Fsp3) is 0.538. The van der Waals surface area contributed by atoms with Gasteiger partial charge in [-0.3, -0.25) is 4.90 Å². The second kappa shape index (κ2) is 7.92. The van der Waals surface area contributed by atoms with Gasteiger partial charge in [-0.1, -0.05) is 0 Å². The molecular weight excluding hydrogens is 232 g/mol. The summed E-state index contributed by atoms with van der Waals surface area (Å²) in [5.41, 5.74) is 7.56. The Bertz CT molecular complexity index is 358. The zero-order chi connectivity index (χ0) is 13.4. The molecular formula is C13H22N2O3. The highest BCUT2D eigenvalue weighted by Crippen LogP contribution is 2.19. The first-order valence-electron chi connectivity index (χ1n) is 5.95.